The molecule has 2 rings (SSSR count). The molecule has 1 aromatic carbocycles. The van der Waals surface area contributed by atoms with Crippen molar-refractivity contribution in [3.8, 4) is 5.75 Å². The molecule has 4 heteroatoms. The molecule has 1 aliphatic rings. The van der Waals surface area contributed by atoms with Crippen molar-refractivity contribution in [2.75, 3.05) is 27.4 Å². The van der Waals surface area contributed by atoms with Crippen molar-refractivity contribution in [1.82, 2.24) is 0 Å². The van der Waals surface area contributed by atoms with E-state index >= 15 is 0 Å². The van der Waals surface area contributed by atoms with Gasteiger partial charge in [-0.15, -0.1) is 0 Å². The first-order chi connectivity index (χ1) is 7.22. The van der Waals surface area contributed by atoms with Crippen LogP contribution in [-0.4, -0.2) is 27.4 Å². The molecule has 0 unspecified atom stereocenters. The molecule has 0 radical (unpaired) electrons. The molecule has 0 aliphatic carbocycles. The predicted molar refractivity (Wildman–Crippen MR) is 60.2 cm³/mol. The number of methoxy groups -OCH3 is 2. The molecule has 0 atom stereocenters. The predicted octanol–water partition coefficient (Wildman–Crippen LogP) is 2.33. The number of rotatable bonds is 3. The fraction of sp³-hybridized carbons (Fsp3) is 0.455. The van der Waals surface area contributed by atoms with Crippen LogP contribution in [0.15, 0.2) is 22.7 Å². The Bertz CT molecular complexity index is 355. The summed E-state index contributed by atoms with van der Waals surface area (Å²) in [5, 5.41) is 0. The number of halogens is 1. The monoisotopic (exact) mass is 272 g/mol. The zero-order valence-electron chi connectivity index (χ0n) is 8.75. The summed E-state index contributed by atoms with van der Waals surface area (Å²) < 4.78 is 16.8. The van der Waals surface area contributed by atoms with E-state index in [1.54, 1.807) is 14.2 Å². The minimum absolute atomic E-state index is 0.269. The maximum absolute atomic E-state index is 5.50. The van der Waals surface area contributed by atoms with Crippen LogP contribution in [0.1, 0.15) is 5.56 Å². The maximum atomic E-state index is 5.50. The highest BCUT2D eigenvalue weighted by Crippen LogP contribution is 2.36. The molecule has 0 bridgehead atoms. The third-order valence-corrected chi connectivity index (χ3v) is 3.36. The van der Waals surface area contributed by atoms with Crippen LogP contribution in [0.3, 0.4) is 0 Å². The summed E-state index contributed by atoms with van der Waals surface area (Å²) in [6.45, 7) is 1.23. The Balaban J connectivity index is 2.33. The molecule has 82 valence electrons. The topological polar surface area (TPSA) is 27.7 Å². The van der Waals surface area contributed by atoms with Crippen molar-refractivity contribution in [3.63, 3.8) is 0 Å². The SMILES string of the molecule is COc1ccc(C2(OC)COC2)cc1Br. The Morgan fingerprint density at radius 1 is 1.33 bits per heavy atom. The van der Waals surface area contributed by atoms with Crippen LogP contribution >= 0.6 is 15.9 Å². The van der Waals surface area contributed by atoms with Gasteiger partial charge in [0.05, 0.1) is 24.8 Å². The normalized spacial score (nSPS) is 18.3. The van der Waals surface area contributed by atoms with Crippen LogP contribution in [0.5, 0.6) is 5.75 Å². The molecule has 1 saturated heterocycles. The minimum atomic E-state index is -0.269. The second-order valence-electron chi connectivity index (χ2n) is 3.54. The molecule has 1 heterocycles. The van der Waals surface area contributed by atoms with E-state index < -0.39 is 0 Å². The number of hydrogen-bond donors (Lipinski definition) is 0. The smallest absolute Gasteiger partial charge is 0.139 e. The van der Waals surface area contributed by atoms with Crippen molar-refractivity contribution < 1.29 is 14.2 Å². The van der Waals surface area contributed by atoms with Crippen molar-refractivity contribution in [1.29, 1.82) is 0 Å². The van der Waals surface area contributed by atoms with E-state index in [0.29, 0.717) is 13.2 Å². The first-order valence-electron chi connectivity index (χ1n) is 4.69. The van der Waals surface area contributed by atoms with Crippen molar-refractivity contribution in [2.24, 2.45) is 0 Å². The highest BCUT2D eigenvalue weighted by molar-refractivity contribution is 9.10. The molecule has 1 fully saturated rings. The Hall–Kier alpha value is -0.580. The molecule has 0 saturated carbocycles. The van der Waals surface area contributed by atoms with E-state index in [2.05, 4.69) is 15.9 Å². The summed E-state index contributed by atoms with van der Waals surface area (Å²) in [7, 11) is 3.36. The highest BCUT2D eigenvalue weighted by atomic mass is 79.9. The van der Waals surface area contributed by atoms with E-state index in [4.69, 9.17) is 14.2 Å². The standard InChI is InChI=1S/C11H13BrO3/c1-13-10-4-3-8(5-9(10)12)11(14-2)6-15-7-11/h3-5H,6-7H2,1-2H3. The van der Waals surface area contributed by atoms with Crippen molar-refractivity contribution >= 4 is 15.9 Å². The molecule has 3 nitrogen and oxygen atoms in total. The fourth-order valence-electron chi connectivity index (χ4n) is 1.64. The van der Waals surface area contributed by atoms with Gasteiger partial charge in [0.25, 0.3) is 0 Å². The summed E-state index contributed by atoms with van der Waals surface area (Å²) in [5.41, 5.74) is 0.846. The van der Waals surface area contributed by atoms with Gasteiger partial charge in [0.15, 0.2) is 0 Å². The highest BCUT2D eigenvalue weighted by Gasteiger charge is 2.40. The van der Waals surface area contributed by atoms with Crippen LogP contribution in [0.25, 0.3) is 0 Å². The number of hydrogen-bond acceptors (Lipinski definition) is 3. The second kappa shape index (κ2) is 4.12. The molecule has 0 N–H and O–H groups in total. The molecule has 1 aliphatic heterocycles. The fourth-order valence-corrected chi connectivity index (χ4v) is 2.18. The van der Waals surface area contributed by atoms with E-state index in [1.165, 1.54) is 0 Å². The largest absolute Gasteiger partial charge is 0.496 e. The zero-order chi connectivity index (χ0) is 10.9. The molecular formula is C11H13BrO3. The lowest BCUT2D eigenvalue weighted by Gasteiger charge is -2.40. The Kier molecular flexibility index (Phi) is 3.00. The summed E-state index contributed by atoms with van der Waals surface area (Å²) in [6, 6.07) is 5.96. The van der Waals surface area contributed by atoms with Gasteiger partial charge in [0.1, 0.15) is 11.4 Å². The van der Waals surface area contributed by atoms with Gasteiger partial charge < -0.3 is 14.2 Å². The molecule has 15 heavy (non-hydrogen) atoms. The van der Waals surface area contributed by atoms with Gasteiger partial charge in [-0.05, 0) is 33.6 Å². The molecule has 0 aromatic heterocycles. The van der Waals surface area contributed by atoms with Crippen LogP contribution in [0, 0.1) is 0 Å². The molecule has 0 amide bonds. The first-order valence-corrected chi connectivity index (χ1v) is 5.48. The first kappa shape index (κ1) is 10.9. The molecule has 0 spiro atoms. The lowest BCUT2D eigenvalue weighted by atomic mass is 9.92. The van der Waals surface area contributed by atoms with E-state index in [-0.39, 0.29) is 5.60 Å². The van der Waals surface area contributed by atoms with Gasteiger partial charge in [-0.25, -0.2) is 0 Å². The average molecular weight is 273 g/mol. The van der Waals surface area contributed by atoms with Crippen molar-refractivity contribution in [3.05, 3.63) is 28.2 Å². The molecule has 1 aromatic rings. The number of benzene rings is 1. The Morgan fingerprint density at radius 2 is 2.07 bits per heavy atom. The van der Waals surface area contributed by atoms with Gasteiger partial charge in [0, 0.05) is 7.11 Å². The lowest BCUT2D eigenvalue weighted by molar-refractivity contribution is -0.202. The van der Waals surface area contributed by atoms with Crippen LogP contribution in [-0.2, 0) is 15.1 Å². The third kappa shape index (κ3) is 1.77. The minimum Gasteiger partial charge on any atom is -0.496 e. The van der Waals surface area contributed by atoms with Gasteiger partial charge >= 0.3 is 0 Å². The third-order valence-electron chi connectivity index (χ3n) is 2.74. The average Bonchev–Trinajstić information content (AvgIpc) is 2.17. The van der Waals surface area contributed by atoms with Crippen LogP contribution < -0.4 is 4.74 Å². The van der Waals surface area contributed by atoms with Gasteiger partial charge in [-0.1, -0.05) is 6.07 Å². The Morgan fingerprint density at radius 3 is 2.47 bits per heavy atom. The van der Waals surface area contributed by atoms with E-state index in [9.17, 15) is 0 Å². The van der Waals surface area contributed by atoms with Crippen LogP contribution in [0.4, 0.5) is 0 Å². The number of ether oxygens (including phenoxy) is 3. The van der Waals surface area contributed by atoms with Crippen LogP contribution in [0.2, 0.25) is 0 Å². The molecular weight excluding hydrogens is 260 g/mol. The lowest BCUT2D eigenvalue weighted by Crippen LogP contribution is -2.48. The van der Waals surface area contributed by atoms with Gasteiger partial charge in [-0.3, -0.25) is 0 Å². The zero-order valence-corrected chi connectivity index (χ0v) is 10.3. The van der Waals surface area contributed by atoms with E-state index in [1.807, 2.05) is 18.2 Å². The van der Waals surface area contributed by atoms with E-state index in [0.717, 1.165) is 15.8 Å². The quantitative estimate of drug-likeness (QED) is 0.846. The second-order valence-corrected chi connectivity index (χ2v) is 4.39. The Labute approximate surface area is 97.5 Å². The van der Waals surface area contributed by atoms with Gasteiger partial charge in [-0.2, -0.15) is 0 Å². The van der Waals surface area contributed by atoms with Crippen molar-refractivity contribution in [2.45, 2.75) is 5.60 Å². The van der Waals surface area contributed by atoms with Gasteiger partial charge in [0.2, 0.25) is 0 Å². The maximum Gasteiger partial charge on any atom is 0.139 e. The summed E-state index contributed by atoms with van der Waals surface area (Å²) in [4.78, 5) is 0. The summed E-state index contributed by atoms with van der Waals surface area (Å²) >= 11 is 3.46. The summed E-state index contributed by atoms with van der Waals surface area (Å²) in [5.74, 6) is 0.824. The summed E-state index contributed by atoms with van der Waals surface area (Å²) in [6.07, 6.45) is 0.